The van der Waals surface area contributed by atoms with E-state index in [1.165, 1.54) is 31.4 Å². The first-order valence-corrected chi connectivity index (χ1v) is 8.54. The second-order valence-electron chi connectivity index (χ2n) is 7.29. The van der Waals surface area contributed by atoms with E-state index < -0.39 is 0 Å². The summed E-state index contributed by atoms with van der Waals surface area (Å²) in [5, 5.41) is 3.84. The summed E-state index contributed by atoms with van der Waals surface area (Å²) >= 11 is 0. The van der Waals surface area contributed by atoms with Crippen molar-refractivity contribution in [1.82, 2.24) is 5.32 Å². The van der Waals surface area contributed by atoms with Crippen LogP contribution in [0.5, 0.6) is 0 Å². The summed E-state index contributed by atoms with van der Waals surface area (Å²) in [6.07, 6.45) is 5.28. The Labute approximate surface area is 130 Å². The fourth-order valence-corrected chi connectivity index (χ4v) is 3.86. The van der Waals surface area contributed by atoms with Gasteiger partial charge in [-0.3, -0.25) is 0 Å². The molecular formula is C19H32N2. The van der Waals surface area contributed by atoms with E-state index in [2.05, 4.69) is 68.4 Å². The fraction of sp³-hybridized carbons (Fsp3) is 0.684. The number of benzene rings is 1. The second-order valence-corrected chi connectivity index (χ2v) is 7.29. The standard InChI is InChI=1S/C19H32N2/c1-5-14-20-18-16(10-9-13-19(18,2)3)15-21(4)17-11-7-6-8-12-17/h6-8,11-12,16,18,20H,5,9-10,13-15H2,1-4H3. The minimum atomic E-state index is 0.412. The van der Waals surface area contributed by atoms with Crippen molar-refractivity contribution in [3.05, 3.63) is 30.3 Å². The summed E-state index contributed by atoms with van der Waals surface area (Å²) in [7, 11) is 2.23. The first kappa shape index (κ1) is 16.4. The molecule has 2 heteroatoms. The molecule has 21 heavy (non-hydrogen) atoms. The minimum absolute atomic E-state index is 0.412. The normalized spacial score (nSPS) is 24.8. The molecule has 1 fully saturated rings. The van der Waals surface area contributed by atoms with E-state index in [0.29, 0.717) is 11.5 Å². The van der Waals surface area contributed by atoms with Gasteiger partial charge in [0.25, 0.3) is 0 Å². The van der Waals surface area contributed by atoms with Gasteiger partial charge in [-0.05, 0) is 49.3 Å². The van der Waals surface area contributed by atoms with Gasteiger partial charge in [0.2, 0.25) is 0 Å². The largest absolute Gasteiger partial charge is 0.374 e. The van der Waals surface area contributed by atoms with Crippen molar-refractivity contribution in [2.45, 2.75) is 52.5 Å². The maximum absolute atomic E-state index is 3.84. The van der Waals surface area contributed by atoms with Gasteiger partial charge >= 0.3 is 0 Å². The lowest BCUT2D eigenvalue weighted by Gasteiger charge is -2.46. The maximum Gasteiger partial charge on any atom is 0.0363 e. The molecular weight excluding hydrogens is 256 g/mol. The number of rotatable bonds is 6. The molecule has 2 atom stereocenters. The molecule has 1 saturated carbocycles. The molecule has 2 unspecified atom stereocenters. The molecule has 0 radical (unpaired) electrons. The molecule has 2 rings (SSSR count). The Morgan fingerprint density at radius 2 is 1.95 bits per heavy atom. The Balaban J connectivity index is 2.05. The molecule has 118 valence electrons. The van der Waals surface area contributed by atoms with Crippen LogP contribution in [0.4, 0.5) is 5.69 Å². The lowest BCUT2D eigenvalue weighted by molar-refractivity contribution is 0.112. The average Bonchev–Trinajstić information content (AvgIpc) is 2.47. The second kappa shape index (κ2) is 7.31. The van der Waals surface area contributed by atoms with Gasteiger partial charge in [0.15, 0.2) is 0 Å². The Morgan fingerprint density at radius 1 is 1.24 bits per heavy atom. The van der Waals surface area contributed by atoms with Crippen molar-refractivity contribution in [2.75, 3.05) is 25.0 Å². The Morgan fingerprint density at radius 3 is 2.62 bits per heavy atom. The summed E-state index contributed by atoms with van der Waals surface area (Å²) in [6, 6.07) is 11.4. The van der Waals surface area contributed by atoms with Gasteiger partial charge in [-0.1, -0.05) is 45.4 Å². The molecule has 0 aromatic heterocycles. The summed E-state index contributed by atoms with van der Waals surface area (Å²) in [5.41, 5.74) is 1.74. The van der Waals surface area contributed by atoms with Crippen LogP contribution in [0, 0.1) is 11.3 Å². The fourth-order valence-electron chi connectivity index (χ4n) is 3.86. The lowest BCUT2D eigenvalue weighted by Crippen LogP contribution is -2.52. The Kier molecular flexibility index (Phi) is 5.69. The smallest absolute Gasteiger partial charge is 0.0363 e. The van der Waals surface area contributed by atoms with Crippen LogP contribution in [0.15, 0.2) is 30.3 Å². The maximum atomic E-state index is 3.84. The van der Waals surface area contributed by atoms with Gasteiger partial charge in [-0.2, -0.15) is 0 Å². The highest BCUT2D eigenvalue weighted by Crippen LogP contribution is 2.39. The number of anilines is 1. The van der Waals surface area contributed by atoms with Gasteiger partial charge < -0.3 is 10.2 Å². The predicted octanol–water partition coefficient (Wildman–Crippen LogP) is 4.32. The highest BCUT2D eigenvalue weighted by Gasteiger charge is 2.38. The summed E-state index contributed by atoms with van der Waals surface area (Å²) in [4.78, 5) is 2.42. The number of hydrogen-bond acceptors (Lipinski definition) is 2. The highest BCUT2D eigenvalue weighted by molar-refractivity contribution is 5.45. The van der Waals surface area contributed by atoms with E-state index in [1.807, 2.05) is 0 Å². The summed E-state index contributed by atoms with van der Waals surface area (Å²) in [6.45, 7) is 9.42. The zero-order valence-corrected chi connectivity index (χ0v) is 14.2. The Bertz CT molecular complexity index is 413. The molecule has 0 aliphatic heterocycles. The molecule has 0 bridgehead atoms. The zero-order valence-electron chi connectivity index (χ0n) is 14.2. The van der Waals surface area contributed by atoms with Crippen molar-refractivity contribution in [3.63, 3.8) is 0 Å². The SMILES string of the molecule is CCCNC1C(CN(C)c2ccccc2)CCCC1(C)C. The van der Waals surface area contributed by atoms with E-state index in [1.54, 1.807) is 0 Å². The third kappa shape index (κ3) is 4.23. The molecule has 2 nitrogen and oxygen atoms in total. The third-order valence-corrected chi connectivity index (χ3v) is 5.03. The number of nitrogens with zero attached hydrogens (tertiary/aromatic N) is 1. The molecule has 0 saturated heterocycles. The lowest BCUT2D eigenvalue weighted by atomic mass is 9.67. The monoisotopic (exact) mass is 288 g/mol. The van der Waals surface area contributed by atoms with E-state index >= 15 is 0 Å². The van der Waals surface area contributed by atoms with Gasteiger partial charge in [-0.15, -0.1) is 0 Å². The summed E-state index contributed by atoms with van der Waals surface area (Å²) < 4.78 is 0. The molecule has 1 aliphatic carbocycles. The van der Waals surface area contributed by atoms with Crippen LogP contribution in [0.2, 0.25) is 0 Å². The van der Waals surface area contributed by atoms with Crippen molar-refractivity contribution < 1.29 is 0 Å². The third-order valence-electron chi connectivity index (χ3n) is 5.03. The molecule has 0 spiro atoms. The average molecular weight is 288 g/mol. The zero-order chi connectivity index (χ0) is 15.3. The molecule has 0 heterocycles. The van der Waals surface area contributed by atoms with Crippen LogP contribution in [-0.4, -0.2) is 26.2 Å². The number of nitrogens with one attached hydrogen (secondary N) is 1. The van der Waals surface area contributed by atoms with Gasteiger partial charge in [0.1, 0.15) is 0 Å². The minimum Gasteiger partial charge on any atom is -0.374 e. The van der Waals surface area contributed by atoms with Gasteiger partial charge in [-0.25, -0.2) is 0 Å². The first-order valence-electron chi connectivity index (χ1n) is 8.54. The van der Waals surface area contributed by atoms with Crippen LogP contribution < -0.4 is 10.2 Å². The molecule has 1 aromatic carbocycles. The topological polar surface area (TPSA) is 15.3 Å². The highest BCUT2D eigenvalue weighted by atomic mass is 15.1. The van der Waals surface area contributed by atoms with Gasteiger partial charge in [0.05, 0.1) is 0 Å². The number of hydrogen-bond donors (Lipinski definition) is 1. The van der Waals surface area contributed by atoms with Crippen LogP contribution in [-0.2, 0) is 0 Å². The molecule has 1 aliphatic rings. The molecule has 1 N–H and O–H groups in total. The van der Waals surface area contributed by atoms with Crippen LogP contribution in [0.1, 0.15) is 46.5 Å². The predicted molar refractivity (Wildman–Crippen MR) is 92.9 cm³/mol. The van der Waals surface area contributed by atoms with Crippen LogP contribution >= 0.6 is 0 Å². The van der Waals surface area contributed by atoms with E-state index in [-0.39, 0.29) is 0 Å². The van der Waals surface area contributed by atoms with E-state index in [4.69, 9.17) is 0 Å². The molecule has 0 amide bonds. The van der Waals surface area contributed by atoms with Crippen LogP contribution in [0.25, 0.3) is 0 Å². The van der Waals surface area contributed by atoms with Crippen molar-refractivity contribution in [1.29, 1.82) is 0 Å². The quantitative estimate of drug-likeness (QED) is 0.839. The first-order chi connectivity index (χ1) is 10.0. The number of para-hydroxylation sites is 1. The summed E-state index contributed by atoms with van der Waals surface area (Å²) in [5.74, 6) is 0.741. The van der Waals surface area contributed by atoms with E-state index in [0.717, 1.165) is 19.0 Å². The van der Waals surface area contributed by atoms with Gasteiger partial charge in [0, 0.05) is 25.3 Å². The van der Waals surface area contributed by atoms with E-state index in [9.17, 15) is 0 Å². The van der Waals surface area contributed by atoms with Crippen LogP contribution in [0.3, 0.4) is 0 Å². The van der Waals surface area contributed by atoms with Crippen molar-refractivity contribution in [2.24, 2.45) is 11.3 Å². The molecule has 1 aromatic rings. The Hall–Kier alpha value is -1.02. The van der Waals surface area contributed by atoms with Crippen molar-refractivity contribution in [3.8, 4) is 0 Å². The van der Waals surface area contributed by atoms with Crippen molar-refractivity contribution >= 4 is 5.69 Å².